The second-order valence-electron chi connectivity index (χ2n) is 5.85. The van der Waals surface area contributed by atoms with Gasteiger partial charge in [0.25, 0.3) is 0 Å². The summed E-state index contributed by atoms with van der Waals surface area (Å²) < 4.78 is 7.92. The predicted octanol–water partition coefficient (Wildman–Crippen LogP) is 3.17. The first kappa shape index (κ1) is 19.1. The number of methoxy groups -OCH3 is 1. The van der Waals surface area contributed by atoms with E-state index in [-0.39, 0.29) is 17.8 Å². The molecule has 26 heavy (non-hydrogen) atoms. The van der Waals surface area contributed by atoms with Gasteiger partial charge < -0.3 is 9.64 Å². The molecular weight excluding hydrogens is 390 g/mol. The maximum absolute atomic E-state index is 12.4. The van der Waals surface area contributed by atoms with E-state index < -0.39 is 0 Å². The van der Waals surface area contributed by atoms with Crippen LogP contribution in [0.5, 0.6) is 0 Å². The van der Waals surface area contributed by atoms with Crippen molar-refractivity contribution in [3.05, 3.63) is 34.3 Å². The molecule has 2 aromatic rings. The molecule has 3 rings (SSSR count). The van der Waals surface area contributed by atoms with Crippen molar-refractivity contribution in [3.63, 3.8) is 0 Å². The average Bonchev–Trinajstić information content (AvgIpc) is 3.07. The van der Waals surface area contributed by atoms with Crippen LogP contribution >= 0.6 is 35.3 Å². The second kappa shape index (κ2) is 8.79. The van der Waals surface area contributed by atoms with Crippen LogP contribution in [0.25, 0.3) is 5.69 Å². The first-order chi connectivity index (χ1) is 12.6. The molecule has 138 valence electrons. The number of para-hydroxylation sites is 1. The molecule has 1 amide bonds. The fourth-order valence-corrected chi connectivity index (χ4v) is 5.06. The van der Waals surface area contributed by atoms with Gasteiger partial charge in [-0.3, -0.25) is 9.59 Å². The van der Waals surface area contributed by atoms with Crippen LogP contribution in [0.2, 0.25) is 0 Å². The molecule has 9 heteroatoms. The highest BCUT2D eigenvalue weighted by molar-refractivity contribution is 8.01. The number of benzene rings is 1. The van der Waals surface area contributed by atoms with Gasteiger partial charge in [-0.1, -0.05) is 41.3 Å². The number of rotatable bonds is 5. The smallest absolute Gasteiger partial charge is 0.308 e. The van der Waals surface area contributed by atoms with E-state index in [2.05, 4.69) is 5.10 Å². The molecule has 2 heterocycles. The number of carbonyl (C=O) groups excluding carboxylic acids is 2. The zero-order valence-corrected chi connectivity index (χ0v) is 16.7. The Bertz CT molecular complexity index is 827. The first-order valence-electron chi connectivity index (χ1n) is 8.22. The molecule has 0 radical (unpaired) electrons. The quantitative estimate of drug-likeness (QED) is 0.429. The summed E-state index contributed by atoms with van der Waals surface area (Å²) in [6.45, 7) is 1.18. The SMILES string of the molecule is COC(=O)C1CCN(C(=O)CSc2nn(-c3ccccc3)c(=S)s2)CC1. The van der Waals surface area contributed by atoms with Gasteiger partial charge in [-0.2, -0.15) is 0 Å². The Hall–Kier alpha value is -1.71. The number of hydrogen-bond donors (Lipinski definition) is 0. The van der Waals surface area contributed by atoms with E-state index in [0.717, 1.165) is 10.0 Å². The van der Waals surface area contributed by atoms with Crippen molar-refractivity contribution in [1.82, 2.24) is 14.7 Å². The van der Waals surface area contributed by atoms with Gasteiger partial charge in [0.1, 0.15) is 0 Å². The summed E-state index contributed by atoms with van der Waals surface area (Å²) in [5, 5.41) is 4.51. The first-order valence-corrected chi connectivity index (χ1v) is 10.4. The molecule has 1 fully saturated rings. The van der Waals surface area contributed by atoms with E-state index >= 15 is 0 Å². The zero-order valence-electron chi connectivity index (χ0n) is 14.3. The summed E-state index contributed by atoms with van der Waals surface area (Å²) >= 11 is 8.18. The Kier molecular flexibility index (Phi) is 6.44. The lowest BCUT2D eigenvalue weighted by atomic mass is 9.97. The molecule has 1 saturated heterocycles. The molecule has 0 aliphatic carbocycles. The number of amides is 1. The molecule has 1 aliphatic rings. The normalized spacial score (nSPS) is 15.0. The number of nitrogens with zero attached hydrogens (tertiary/aromatic N) is 3. The molecule has 0 spiro atoms. The molecule has 6 nitrogen and oxygen atoms in total. The minimum atomic E-state index is -0.183. The van der Waals surface area contributed by atoms with E-state index in [1.54, 1.807) is 9.58 Å². The van der Waals surface area contributed by atoms with Crippen LogP contribution in [0.15, 0.2) is 34.7 Å². The highest BCUT2D eigenvalue weighted by Crippen LogP contribution is 2.25. The van der Waals surface area contributed by atoms with Crippen LogP contribution in [0.3, 0.4) is 0 Å². The zero-order chi connectivity index (χ0) is 18.5. The van der Waals surface area contributed by atoms with Crippen LogP contribution < -0.4 is 0 Å². The summed E-state index contributed by atoms with van der Waals surface area (Å²) in [7, 11) is 1.40. The third kappa shape index (κ3) is 4.52. The largest absolute Gasteiger partial charge is 0.469 e. The van der Waals surface area contributed by atoms with Gasteiger partial charge in [-0.25, -0.2) is 4.68 Å². The summed E-state index contributed by atoms with van der Waals surface area (Å²) in [5.41, 5.74) is 0.914. The Balaban J connectivity index is 1.54. The molecule has 1 aromatic heterocycles. The summed E-state index contributed by atoms with van der Waals surface area (Å²) in [4.78, 5) is 25.8. The highest BCUT2D eigenvalue weighted by Gasteiger charge is 2.27. The minimum Gasteiger partial charge on any atom is -0.469 e. The second-order valence-corrected chi connectivity index (χ2v) is 8.69. The topological polar surface area (TPSA) is 64.4 Å². The van der Waals surface area contributed by atoms with E-state index in [1.165, 1.54) is 30.2 Å². The van der Waals surface area contributed by atoms with Gasteiger partial charge in [0.05, 0.1) is 24.5 Å². The van der Waals surface area contributed by atoms with Crippen molar-refractivity contribution in [2.24, 2.45) is 5.92 Å². The lowest BCUT2D eigenvalue weighted by molar-refractivity contribution is -0.148. The Labute approximate surface area is 165 Å². The average molecular weight is 410 g/mol. The van der Waals surface area contributed by atoms with E-state index in [9.17, 15) is 9.59 Å². The Morgan fingerprint density at radius 3 is 2.65 bits per heavy atom. The van der Waals surface area contributed by atoms with Crippen LogP contribution in [-0.2, 0) is 14.3 Å². The number of esters is 1. The number of piperidine rings is 1. The van der Waals surface area contributed by atoms with Crippen LogP contribution in [0.1, 0.15) is 12.8 Å². The van der Waals surface area contributed by atoms with E-state index in [0.29, 0.717) is 35.6 Å². The van der Waals surface area contributed by atoms with E-state index in [1.807, 2.05) is 30.3 Å². The molecule has 0 N–H and O–H groups in total. The minimum absolute atomic E-state index is 0.0608. The monoisotopic (exact) mass is 409 g/mol. The van der Waals surface area contributed by atoms with Gasteiger partial charge >= 0.3 is 5.97 Å². The number of thioether (sulfide) groups is 1. The molecule has 0 saturated carbocycles. The van der Waals surface area contributed by atoms with Gasteiger partial charge in [0, 0.05) is 13.1 Å². The van der Waals surface area contributed by atoms with Crippen molar-refractivity contribution in [1.29, 1.82) is 0 Å². The predicted molar refractivity (Wildman–Crippen MR) is 104 cm³/mol. The summed E-state index contributed by atoms with van der Waals surface area (Å²) in [6.07, 6.45) is 1.31. The third-order valence-corrected chi connectivity index (χ3v) is 6.58. The van der Waals surface area contributed by atoms with Crippen LogP contribution in [0.4, 0.5) is 0 Å². The van der Waals surface area contributed by atoms with Crippen molar-refractivity contribution in [2.75, 3.05) is 26.0 Å². The van der Waals surface area contributed by atoms with Crippen LogP contribution in [-0.4, -0.2) is 52.5 Å². The van der Waals surface area contributed by atoms with Crippen molar-refractivity contribution < 1.29 is 14.3 Å². The van der Waals surface area contributed by atoms with Crippen molar-refractivity contribution >= 4 is 47.2 Å². The Morgan fingerprint density at radius 1 is 1.31 bits per heavy atom. The summed E-state index contributed by atoms with van der Waals surface area (Å²) in [6, 6.07) is 9.70. The maximum atomic E-state index is 12.4. The number of ether oxygens (including phenoxy) is 1. The van der Waals surface area contributed by atoms with Crippen molar-refractivity contribution in [2.45, 2.75) is 17.2 Å². The summed E-state index contributed by atoms with van der Waals surface area (Å²) in [5.74, 6) is 0.103. The lowest BCUT2D eigenvalue weighted by Gasteiger charge is -2.30. The number of carbonyl (C=O) groups is 2. The maximum Gasteiger partial charge on any atom is 0.308 e. The molecule has 0 bridgehead atoms. The highest BCUT2D eigenvalue weighted by atomic mass is 32.2. The number of aromatic nitrogens is 2. The standard InChI is InChI=1S/C17H19N3O3S3/c1-23-15(22)12-7-9-19(10-8-12)14(21)11-25-16-18-20(17(24)26-16)13-5-3-2-4-6-13/h2-6,12H,7-11H2,1H3. The molecule has 0 unspecified atom stereocenters. The number of hydrogen-bond acceptors (Lipinski definition) is 7. The fourth-order valence-electron chi connectivity index (χ4n) is 2.80. The molecule has 1 aromatic carbocycles. The van der Waals surface area contributed by atoms with Gasteiger partial charge in [0.2, 0.25) is 5.91 Å². The Morgan fingerprint density at radius 2 is 2.00 bits per heavy atom. The lowest BCUT2D eigenvalue weighted by Crippen LogP contribution is -2.41. The molecule has 1 aliphatic heterocycles. The fraction of sp³-hybridized carbons (Fsp3) is 0.412. The van der Waals surface area contributed by atoms with Gasteiger partial charge in [-0.05, 0) is 37.2 Å². The molecular formula is C17H19N3O3S3. The van der Waals surface area contributed by atoms with Gasteiger partial charge in [-0.15, -0.1) is 5.10 Å². The van der Waals surface area contributed by atoms with Crippen LogP contribution in [0, 0.1) is 9.87 Å². The van der Waals surface area contributed by atoms with Crippen molar-refractivity contribution in [3.8, 4) is 5.69 Å². The third-order valence-electron chi connectivity index (χ3n) is 4.23. The molecule has 0 atom stereocenters. The number of likely N-dealkylation sites (tertiary alicyclic amines) is 1. The van der Waals surface area contributed by atoms with Gasteiger partial charge in [0.15, 0.2) is 8.29 Å². The van der Waals surface area contributed by atoms with E-state index in [4.69, 9.17) is 17.0 Å².